The lowest BCUT2D eigenvalue weighted by molar-refractivity contribution is -0.128. The van der Waals surface area contributed by atoms with E-state index in [2.05, 4.69) is 69.4 Å². The van der Waals surface area contributed by atoms with Crippen LogP contribution in [0.2, 0.25) is 0 Å². The molecule has 3 heteroatoms. The van der Waals surface area contributed by atoms with Crippen LogP contribution in [0.5, 0.6) is 5.75 Å². The van der Waals surface area contributed by atoms with Gasteiger partial charge in [0.15, 0.2) is 6.10 Å². The fraction of sp³-hybridized carbons (Fsp3) is 0.458. The maximum atomic E-state index is 12.4. The zero-order valence-electron chi connectivity index (χ0n) is 17.3. The Labute approximate surface area is 164 Å². The first-order valence-electron chi connectivity index (χ1n) is 9.90. The van der Waals surface area contributed by atoms with Crippen molar-refractivity contribution in [3.05, 3.63) is 65.2 Å². The Morgan fingerprint density at radius 1 is 1.11 bits per heavy atom. The molecule has 1 N–H and O–H groups in total. The molecule has 0 aliphatic heterocycles. The Morgan fingerprint density at radius 3 is 2.41 bits per heavy atom. The molecule has 0 radical (unpaired) electrons. The summed E-state index contributed by atoms with van der Waals surface area (Å²) in [5, 5.41) is 3.01. The normalized spacial score (nSPS) is 12.5. The maximum Gasteiger partial charge on any atom is 0.261 e. The molecule has 0 bridgehead atoms. The van der Waals surface area contributed by atoms with E-state index in [4.69, 9.17) is 4.74 Å². The predicted octanol–water partition coefficient (Wildman–Crippen LogP) is 5.20. The third-order valence-corrected chi connectivity index (χ3v) is 4.69. The first-order valence-corrected chi connectivity index (χ1v) is 9.90. The largest absolute Gasteiger partial charge is 0.481 e. The number of carbonyl (C=O) groups excluding carboxylic acids is 1. The van der Waals surface area contributed by atoms with Crippen molar-refractivity contribution in [2.24, 2.45) is 0 Å². The third kappa shape index (κ3) is 6.74. The number of hydrogen-bond donors (Lipinski definition) is 1. The van der Waals surface area contributed by atoms with E-state index in [1.165, 1.54) is 16.7 Å². The summed E-state index contributed by atoms with van der Waals surface area (Å²) in [5.41, 5.74) is 3.95. The van der Waals surface area contributed by atoms with Crippen molar-refractivity contribution in [1.29, 1.82) is 0 Å². The number of carbonyl (C=O) groups is 1. The highest BCUT2D eigenvalue weighted by Crippen LogP contribution is 2.24. The number of rotatable bonds is 8. The second-order valence-corrected chi connectivity index (χ2v) is 8.17. The number of benzene rings is 2. The summed E-state index contributed by atoms with van der Waals surface area (Å²) < 4.78 is 5.91. The summed E-state index contributed by atoms with van der Waals surface area (Å²) in [6, 6.07) is 16.6. The first-order chi connectivity index (χ1) is 12.8. The molecule has 1 amide bonds. The van der Waals surface area contributed by atoms with Crippen LogP contribution < -0.4 is 10.1 Å². The Hall–Kier alpha value is -2.29. The molecule has 2 rings (SSSR count). The lowest BCUT2D eigenvalue weighted by Crippen LogP contribution is -2.38. The standard InChI is InChI=1S/C24H33NO2/c1-6-22(27-21-14-12-20(13-15-21)24(3,4)5)23(26)25-16-8-11-19-10-7-9-18(2)17-19/h7,9-10,12-15,17,22H,6,8,11,16H2,1-5H3,(H,25,26)/t22-/m1/s1. The zero-order valence-corrected chi connectivity index (χ0v) is 17.3. The van der Waals surface area contributed by atoms with E-state index < -0.39 is 6.10 Å². The average Bonchev–Trinajstić information content (AvgIpc) is 2.63. The molecule has 0 fully saturated rings. The monoisotopic (exact) mass is 367 g/mol. The molecule has 2 aromatic rings. The van der Waals surface area contributed by atoms with Crippen molar-refractivity contribution >= 4 is 5.91 Å². The van der Waals surface area contributed by atoms with Gasteiger partial charge in [0.25, 0.3) is 5.91 Å². The van der Waals surface area contributed by atoms with Crippen LogP contribution in [0.25, 0.3) is 0 Å². The van der Waals surface area contributed by atoms with Crippen LogP contribution in [0.4, 0.5) is 0 Å². The highest BCUT2D eigenvalue weighted by molar-refractivity contribution is 5.81. The number of ether oxygens (including phenoxy) is 1. The summed E-state index contributed by atoms with van der Waals surface area (Å²) >= 11 is 0. The second kappa shape index (κ2) is 9.59. The van der Waals surface area contributed by atoms with Gasteiger partial charge in [-0.25, -0.2) is 0 Å². The van der Waals surface area contributed by atoms with Crippen molar-refractivity contribution in [2.75, 3.05) is 6.54 Å². The SMILES string of the molecule is CC[C@@H](Oc1ccc(C(C)(C)C)cc1)C(=O)NCCCc1cccc(C)c1. The van der Waals surface area contributed by atoms with Crippen molar-refractivity contribution in [3.63, 3.8) is 0 Å². The van der Waals surface area contributed by atoms with E-state index in [0.717, 1.165) is 18.6 Å². The fourth-order valence-electron chi connectivity index (χ4n) is 3.01. The summed E-state index contributed by atoms with van der Waals surface area (Å²) in [6.45, 7) is 11.3. The number of nitrogens with one attached hydrogen (secondary N) is 1. The molecule has 0 saturated carbocycles. The molecule has 0 heterocycles. The fourth-order valence-corrected chi connectivity index (χ4v) is 3.01. The smallest absolute Gasteiger partial charge is 0.261 e. The third-order valence-electron chi connectivity index (χ3n) is 4.69. The average molecular weight is 368 g/mol. The van der Waals surface area contributed by atoms with Gasteiger partial charge < -0.3 is 10.1 Å². The van der Waals surface area contributed by atoms with Crippen LogP contribution in [0, 0.1) is 6.92 Å². The number of aryl methyl sites for hydroxylation is 2. The molecule has 0 aromatic heterocycles. The highest BCUT2D eigenvalue weighted by atomic mass is 16.5. The van der Waals surface area contributed by atoms with Gasteiger partial charge in [-0.3, -0.25) is 4.79 Å². The Morgan fingerprint density at radius 2 is 1.81 bits per heavy atom. The Bertz CT molecular complexity index is 729. The highest BCUT2D eigenvalue weighted by Gasteiger charge is 2.18. The molecular weight excluding hydrogens is 334 g/mol. The molecule has 0 spiro atoms. The Balaban J connectivity index is 1.81. The van der Waals surface area contributed by atoms with Gasteiger partial charge >= 0.3 is 0 Å². The molecule has 146 valence electrons. The van der Waals surface area contributed by atoms with E-state index >= 15 is 0 Å². The minimum Gasteiger partial charge on any atom is -0.481 e. The summed E-state index contributed by atoms with van der Waals surface area (Å²) in [7, 11) is 0. The van der Waals surface area contributed by atoms with E-state index in [0.29, 0.717) is 13.0 Å². The lowest BCUT2D eigenvalue weighted by Gasteiger charge is -2.21. The summed E-state index contributed by atoms with van der Waals surface area (Å²) in [4.78, 5) is 12.4. The number of amides is 1. The van der Waals surface area contributed by atoms with Gasteiger partial charge in [-0.05, 0) is 54.9 Å². The molecule has 0 aliphatic carbocycles. The van der Waals surface area contributed by atoms with E-state index in [9.17, 15) is 4.79 Å². The van der Waals surface area contributed by atoms with Crippen LogP contribution in [0.1, 0.15) is 57.2 Å². The molecule has 0 unspecified atom stereocenters. The number of hydrogen-bond acceptors (Lipinski definition) is 2. The molecule has 0 saturated heterocycles. The van der Waals surface area contributed by atoms with Gasteiger partial charge in [-0.2, -0.15) is 0 Å². The van der Waals surface area contributed by atoms with Gasteiger partial charge in [0.1, 0.15) is 5.75 Å². The molecular formula is C24H33NO2. The minimum absolute atomic E-state index is 0.0401. The van der Waals surface area contributed by atoms with Crippen molar-refractivity contribution in [1.82, 2.24) is 5.32 Å². The van der Waals surface area contributed by atoms with Gasteiger partial charge in [-0.1, -0.05) is 69.7 Å². The predicted molar refractivity (Wildman–Crippen MR) is 112 cm³/mol. The molecule has 1 atom stereocenters. The Kier molecular flexibility index (Phi) is 7.46. The second-order valence-electron chi connectivity index (χ2n) is 8.17. The van der Waals surface area contributed by atoms with Crippen LogP contribution >= 0.6 is 0 Å². The zero-order chi connectivity index (χ0) is 19.9. The van der Waals surface area contributed by atoms with Gasteiger partial charge in [0.2, 0.25) is 0 Å². The van der Waals surface area contributed by atoms with Crippen LogP contribution in [0.3, 0.4) is 0 Å². The quantitative estimate of drug-likeness (QED) is 0.651. The van der Waals surface area contributed by atoms with Crippen LogP contribution in [-0.2, 0) is 16.6 Å². The van der Waals surface area contributed by atoms with Gasteiger partial charge in [0, 0.05) is 6.54 Å². The maximum absolute atomic E-state index is 12.4. The van der Waals surface area contributed by atoms with Crippen molar-refractivity contribution < 1.29 is 9.53 Å². The summed E-state index contributed by atoms with van der Waals surface area (Å²) in [5.74, 6) is 0.700. The molecule has 3 nitrogen and oxygen atoms in total. The van der Waals surface area contributed by atoms with E-state index in [1.807, 2.05) is 19.1 Å². The van der Waals surface area contributed by atoms with E-state index in [1.54, 1.807) is 0 Å². The van der Waals surface area contributed by atoms with Crippen LogP contribution in [0.15, 0.2) is 48.5 Å². The minimum atomic E-state index is -0.454. The molecule has 27 heavy (non-hydrogen) atoms. The van der Waals surface area contributed by atoms with Gasteiger partial charge in [0.05, 0.1) is 0 Å². The summed E-state index contributed by atoms with van der Waals surface area (Å²) in [6.07, 6.45) is 2.08. The van der Waals surface area contributed by atoms with Crippen molar-refractivity contribution in [3.8, 4) is 5.75 Å². The van der Waals surface area contributed by atoms with Crippen molar-refractivity contribution in [2.45, 2.75) is 65.4 Å². The van der Waals surface area contributed by atoms with Gasteiger partial charge in [-0.15, -0.1) is 0 Å². The van der Waals surface area contributed by atoms with Crippen LogP contribution in [-0.4, -0.2) is 18.6 Å². The lowest BCUT2D eigenvalue weighted by atomic mass is 9.87. The first kappa shape index (κ1) is 21.0. The topological polar surface area (TPSA) is 38.3 Å². The molecule has 0 aliphatic rings. The molecule has 2 aromatic carbocycles. The van der Waals surface area contributed by atoms with E-state index in [-0.39, 0.29) is 11.3 Å².